The predicted octanol–water partition coefficient (Wildman–Crippen LogP) is 5.76. The maximum absolute atomic E-state index is 12.9. The molecule has 1 fully saturated rings. The number of rotatable bonds is 5. The van der Waals surface area contributed by atoms with E-state index in [2.05, 4.69) is 45.7 Å². The molecule has 0 saturated heterocycles. The van der Waals surface area contributed by atoms with Crippen LogP contribution in [0.2, 0.25) is 0 Å². The Morgan fingerprint density at radius 1 is 1.24 bits per heavy atom. The summed E-state index contributed by atoms with van der Waals surface area (Å²) in [6.07, 6.45) is 9.83. The Hall–Kier alpha value is -1.29. The van der Waals surface area contributed by atoms with E-state index in [1.807, 2.05) is 18.3 Å². The van der Waals surface area contributed by atoms with Crippen molar-refractivity contribution in [2.24, 2.45) is 11.8 Å². The van der Waals surface area contributed by atoms with Crippen LogP contribution in [-0.2, 0) is 6.54 Å². The van der Waals surface area contributed by atoms with Gasteiger partial charge in [0.05, 0.1) is 5.56 Å². The molecule has 1 saturated carbocycles. The van der Waals surface area contributed by atoms with Crippen LogP contribution in [0.5, 0.6) is 0 Å². The van der Waals surface area contributed by atoms with Gasteiger partial charge in [0.2, 0.25) is 0 Å². The molecule has 1 aromatic heterocycles. The summed E-state index contributed by atoms with van der Waals surface area (Å²) >= 11 is 3.64. The molecule has 0 radical (unpaired) electrons. The lowest BCUT2D eigenvalue weighted by Crippen LogP contribution is -2.29. The number of hydrogen-bond donors (Lipinski definition) is 1. The van der Waals surface area contributed by atoms with Gasteiger partial charge in [0.15, 0.2) is 0 Å². The maximum atomic E-state index is 12.9. The monoisotopic (exact) mass is 404 g/mol. The molecule has 1 heterocycles. The van der Waals surface area contributed by atoms with Gasteiger partial charge < -0.3 is 9.88 Å². The lowest BCUT2D eigenvalue weighted by molar-refractivity contribution is 0.0947. The molecule has 0 aliphatic heterocycles. The first kappa shape index (κ1) is 18.5. The van der Waals surface area contributed by atoms with Crippen LogP contribution in [0, 0.1) is 11.8 Å². The van der Waals surface area contributed by atoms with Crippen LogP contribution < -0.4 is 5.32 Å². The van der Waals surface area contributed by atoms with Gasteiger partial charge in [-0.1, -0.05) is 61.5 Å². The summed E-state index contributed by atoms with van der Waals surface area (Å²) in [7, 11) is 0. The molecule has 4 heteroatoms. The fourth-order valence-electron chi connectivity index (χ4n) is 3.93. The first-order valence-electron chi connectivity index (χ1n) is 9.62. The Labute approximate surface area is 159 Å². The third-order valence-corrected chi connectivity index (χ3v) is 5.85. The molecule has 2 aromatic rings. The average molecular weight is 405 g/mol. The number of nitrogens with zero attached hydrogens (tertiary/aromatic N) is 1. The molecule has 0 bridgehead atoms. The molecule has 1 N–H and O–H groups in total. The van der Waals surface area contributed by atoms with E-state index in [1.54, 1.807) is 0 Å². The van der Waals surface area contributed by atoms with Crippen LogP contribution in [0.3, 0.4) is 0 Å². The van der Waals surface area contributed by atoms with Crippen molar-refractivity contribution < 1.29 is 4.79 Å². The maximum Gasteiger partial charge on any atom is 0.253 e. The number of carbonyl (C=O) groups is 1. The van der Waals surface area contributed by atoms with Crippen LogP contribution in [0.15, 0.2) is 28.9 Å². The third kappa shape index (κ3) is 4.46. The minimum absolute atomic E-state index is 0.0589. The molecule has 136 valence electrons. The van der Waals surface area contributed by atoms with Gasteiger partial charge in [-0.3, -0.25) is 4.79 Å². The fourth-order valence-corrected chi connectivity index (χ4v) is 4.49. The number of aromatic nitrogens is 1. The lowest BCUT2D eigenvalue weighted by atomic mass is 10.0. The van der Waals surface area contributed by atoms with Crippen LogP contribution in [0.4, 0.5) is 0 Å². The van der Waals surface area contributed by atoms with Crippen molar-refractivity contribution in [1.29, 1.82) is 0 Å². The van der Waals surface area contributed by atoms with Crippen LogP contribution in [-0.4, -0.2) is 17.0 Å². The standard InChI is InChI=1S/C21H29BrN2O/c1-15(2)13-24-14-17(20-18(22)10-7-11-19(20)24)21(25)23-12-16-8-5-3-4-6-9-16/h7,10-11,14-16H,3-6,8-9,12-13H2,1-2H3,(H,23,25). The zero-order chi connectivity index (χ0) is 17.8. The number of hydrogen-bond acceptors (Lipinski definition) is 1. The summed E-state index contributed by atoms with van der Waals surface area (Å²) in [6.45, 7) is 6.13. The molecule has 0 atom stereocenters. The molecule has 25 heavy (non-hydrogen) atoms. The number of nitrogens with one attached hydrogen (secondary N) is 1. The molecule has 0 spiro atoms. The summed E-state index contributed by atoms with van der Waals surface area (Å²) < 4.78 is 3.21. The van der Waals surface area contributed by atoms with Gasteiger partial charge in [-0.05, 0) is 36.8 Å². The van der Waals surface area contributed by atoms with E-state index in [0.29, 0.717) is 11.8 Å². The number of amides is 1. The lowest BCUT2D eigenvalue weighted by Gasteiger charge is -2.14. The van der Waals surface area contributed by atoms with Crippen molar-refractivity contribution in [3.8, 4) is 0 Å². The van der Waals surface area contributed by atoms with Crippen molar-refractivity contribution in [3.63, 3.8) is 0 Å². The molecule has 1 aliphatic rings. The van der Waals surface area contributed by atoms with Crippen molar-refractivity contribution >= 4 is 32.7 Å². The molecule has 3 rings (SSSR count). The van der Waals surface area contributed by atoms with Crippen molar-refractivity contribution in [2.45, 2.75) is 58.9 Å². The fraction of sp³-hybridized carbons (Fsp3) is 0.571. The van der Waals surface area contributed by atoms with E-state index in [0.717, 1.165) is 34.0 Å². The zero-order valence-electron chi connectivity index (χ0n) is 15.4. The van der Waals surface area contributed by atoms with E-state index in [1.165, 1.54) is 38.5 Å². The first-order chi connectivity index (χ1) is 12.1. The van der Waals surface area contributed by atoms with Crippen molar-refractivity contribution in [2.75, 3.05) is 6.54 Å². The Morgan fingerprint density at radius 2 is 1.96 bits per heavy atom. The highest BCUT2D eigenvalue weighted by Gasteiger charge is 2.19. The zero-order valence-corrected chi connectivity index (χ0v) is 16.9. The second-order valence-electron chi connectivity index (χ2n) is 7.79. The van der Waals surface area contributed by atoms with E-state index >= 15 is 0 Å². The van der Waals surface area contributed by atoms with Gasteiger partial charge in [-0.25, -0.2) is 0 Å². The quantitative estimate of drug-likeness (QED) is 0.631. The molecule has 1 amide bonds. The predicted molar refractivity (Wildman–Crippen MR) is 108 cm³/mol. The Balaban J connectivity index is 1.80. The minimum Gasteiger partial charge on any atom is -0.352 e. The van der Waals surface area contributed by atoms with Gasteiger partial charge in [0, 0.05) is 34.7 Å². The van der Waals surface area contributed by atoms with Gasteiger partial charge >= 0.3 is 0 Å². The van der Waals surface area contributed by atoms with E-state index in [-0.39, 0.29) is 5.91 Å². The van der Waals surface area contributed by atoms with Gasteiger partial charge in [-0.2, -0.15) is 0 Å². The Bertz CT molecular complexity index is 727. The Kier molecular flexibility index (Phi) is 6.21. The minimum atomic E-state index is 0.0589. The van der Waals surface area contributed by atoms with E-state index in [9.17, 15) is 4.79 Å². The number of halogens is 1. The molecular weight excluding hydrogens is 376 g/mol. The SMILES string of the molecule is CC(C)Cn1cc(C(=O)NCC2CCCCCC2)c2c(Br)cccc21. The normalized spacial score (nSPS) is 16.3. The second kappa shape index (κ2) is 8.39. The van der Waals surface area contributed by atoms with Crippen molar-refractivity contribution in [3.05, 3.63) is 34.4 Å². The summed E-state index contributed by atoms with van der Waals surface area (Å²) in [5.41, 5.74) is 1.92. The number of carbonyl (C=O) groups excluding carboxylic acids is 1. The van der Waals surface area contributed by atoms with Crippen molar-refractivity contribution in [1.82, 2.24) is 9.88 Å². The summed E-state index contributed by atoms with van der Waals surface area (Å²) in [4.78, 5) is 12.9. The summed E-state index contributed by atoms with van der Waals surface area (Å²) in [5, 5.41) is 4.24. The smallest absolute Gasteiger partial charge is 0.253 e. The second-order valence-corrected chi connectivity index (χ2v) is 8.64. The van der Waals surface area contributed by atoms with Crippen LogP contribution in [0.1, 0.15) is 62.7 Å². The van der Waals surface area contributed by atoms with E-state index in [4.69, 9.17) is 0 Å². The highest BCUT2D eigenvalue weighted by molar-refractivity contribution is 9.10. The van der Waals surface area contributed by atoms with Gasteiger partial charge in [-0.15, -0.1) is 0 Å². The molecular formula is C21H29BrN2O. The average Bonchev–Trinajstić information content (AvgIpc) is 2.77. The number of fused-ring (bicyclic) bond motifs is 1. The third-order valence-electron chi connectivity index (χ3n) is 5.19. The van der Waals surface area contributed by atoms with Crippen LogP contribution >= 0.6 is 15.9 Å². The largest absolute Gasteiger partial charge is 0.352 e. The highest BCUT2D eigenvalue weighted by atomic mass is 79.9. The van der Waals surface area contributed by atoms with Gasteiger partial charge in [0.1, 0.15) is 0 Å². The first-order valence-corrected chi connectivity index (χ1v) is 10.4. The Morgan fingerprint density at radius 3 is 2.64 bits per heavy atom. The summed E-state index contributed by atoms with van der Waals surface area (Å²) in [6, 6.07) is 6.16. The molecule has 1 aliphatic carbocycles. The molecule has 0 unspecified atom stereocenters. The molecule has 3 nitrogen and oxygen atoms in total. The van der Waals surface area contributed by atoms with Crippen LogP contribution in [0.25, 0.3) is 10.9 Å². The number of benzene rings is 1. The summed E-state index contributed by atoms with van der Waals surface area (Å²) in [5.74, 6) is 1.24. The van der Waals surface area contributed by atoms with E-state index < -0.39 is 0 Å². The highest BCUT2D eigenvalue weighted by Crippen LogP contribution is 2.30. The van der Waals surface area contributed by atoms with Gasteiger partial charge in [0.25, 0.3) is 5.91 Å². The topological polar surface area (TPSA) is 34.0 Å². The molecule has 1 aromatic carbocycles.